The molecular formula is C14H17N3O2. The number of nitrogens with zero attached hydrogens (tertiary/aromatic N) is 2. The molecule has 0 fully saturated rings. The topological polar surface area (TPSA) is 56.1 Å². The molecule has 0 bridgehead atoms. The zero-order valence-corrected chi connectivity index (χ0v) is 11.1. The summed E-state index contributed by atoms with van der Waals surface area (Å²) in [6, 6.07) is 7.09. The fraction of sp³-hybridized carbons (Fsp3) is 0.286. The highest BCUT2D eigenvalue weighted by Gasteiger charge is 2.06. The van der Waals surface area contributed by atoms with Crippen LogP contribution in [-0.2, 0) is 13.5 Å². The fourth-order valence-corrected chi connectivity index (χ4v) is 1.77. The van der Waals surface area contributed by atoms with Gasteiger partial charge in [-0.25, -0.2) is 4.98 Å². The Morgan fingerprint density at radius 3 is 3.00 bits per heavy atom. The molecule has 5 nitrogen and oxygen atoms in total. The third-order valence-electron chi connectivity index (χ3n) is 2.76. The van der Waals surface area contributed by atoms with Gasteiger partial charge < -0.3 is 14.6 Å². The van der Waals surface area contributed by atoms with Gasteiger partial charge in [-0.3, -0.25) is 4.79 Å². The van der Waals surface area contributed by atoms with Crippen LogP contribution in [0.5, 0.6) is 5.75 Å². The lowest BCUT2D eigenvalue weighted by Gasteiger charge is -2.05. The Hall–Kier alpha value is -2.30. The molecule has 2 rings (SSSR count). The summed E-state index contributed by atoms with van der Waals surface area (Å²) in [5.74, 6) is 0.576. The number of benzene rings is 1. The SMILES string of the molecule is COc1cccc(C(=O)NCCc2cn(C)cn2)c1. The standard InChI is InChI=1S/C14H17N3O2/c1-17-9-12(16-10-17)6-7-15-14(18)11-4-3-5-13(8-11)19-2/h3-5,8-10H,6-7H2,1-2H3,(H,15,18). The van der Waals surface area contributed by atoms with E-state index in [2.05, 4.69) is 10.3 Å². The molecule has 0 aliphatic rings. The first kappa shape index (κ1) is 13.1. The summed E-state index contributed by atoms with van der Waals surface area (Å²) in [5, 5.41) is 2.86. The first-order chi connectivity index (χ1) is 9.19. The van der Waals surface area contributed by atoms with E-state index in [0.717, 1.165) is 12.1 Å². The molecule has 0 radical (unpaired) electrons. The van der Waals surface area contributed by atoms with Crippen molar-refractivity contribution in [2.24, 2.45) is 7.05 Å². The zero-order chi connectivity index (χ0) is 13.7. The van der Waals surface area contributed by atoms with Crippen molar-refractivity contribution < 1.29 is 9.53 Å². The first-order valence-corrected chi connectivity index (χ1v) is 6.08. The van der Waals surface area contributed by atoms with E-state index in [-0.39, 0.29) is 5.91 Å². The second kappa shape index (κ2) is 6.04. The minimum Gasteiger partial charge on any atom is -0.497 e. The maximum absolute atomic E-state index is 11.9. The van der Waals surface area contributed by atoms with Crippen molar-refractivity contribution in [2.75, 3.05) is 13.7 Å². The van der Waals surface area contributed by atoms with Gasteiger partial charge in [0.15, 0.2) is 0 Å². The lowest BCUT2D eigenvalue weighted by molar-refractivity contribution is 0.0953. The quantitative estimate of drug-likeness (QED) is 0.883. The van der Waals surface area contributed by atoms with Crippen molar-refractivity contribution in [2.45, 2.75) is 6.42 Å². The van der Waals surface area contributed by atoms with E-state index in [9.17, 15) is 4.79 Å². The van der Waals surface area contributed by atoms with Crippen molar-refractivity contribution >= 4 is 5.91 Å². The van der Waals surface area contributed by atoms with Gasteiger partial charge in [0.1, 0.15) is 5.75 Å². The number of hydrogen-bond acceptors (Lipinski definition) is 3. The number of nitrogens with one attached hydrogen (secondary N) is 1. The number of imidazole rings is 1. The smallest absolute Gasteiger partial charge is 0.251 e. The highest BCUT2D eigenvalue weighted by atomic mass is 16.5. The molecule has 0 aliphatic heterocycles. The molecule has 5 heteroatoms. The number of aryl methyl sites for hydroxylation is 1. The van der Waals surface area contributed by atoms with E-state index in [1.807, 2.05) is 23.9 Å². The van der Waals surface area contributed by atoms with E-state index in [1.54, 1.807) is 31.6 Å². The summed E-state index contributed by atoms with van der Waals surface area (Å²) < 4.78 is 6.98. The van der Waals surface area contributed by atoms with Crippen molar-refractivity contribution in [3.8, 4) is 5.75 Å². The minimum absolute atomic E-state index is 0.102. The van der Waals surface area contributed by atoms with Crippen LogP contribution in [0.4, 0.5) is 0 Å². The van der Waals surface area contributed by atoms with Gasteiger partial charge in [-0.2, -0.15) is 0 Å². The van der Waals surface area contributed by atoms with Crippen LogP contribution >= 0.6 is 0 Å². The van der Waals surface area contributed by atoms with Crippen LogP contribution in [0.2, 0.25) is 0 Å². The van der Waals surface area contributed by atoms with Crippen molar-refractivity contribution in [3.05, 3.63) is 48.0 Å². The normalized spacial score (nSPS) is 10.2. The second-order valence-electron chi connectivity index (χ2n) is 4.27. The molecule has 0 saturated heterocycles. The van der Waals surface area contributed by atoms with Crippen LogP contribution in [0.1, 0.15) is 16.1 Å². The maximum atomic E-state index is 11.9. The van der Waals surface area contributed by atoms with E-state index in [4.69, 9.17) is 4.74 Å². The van der Waals surface area contributed by atoms with E-state index < -0.39 is 0 Å². The van der Waals surface area contributed by atoms with E-state index >= 15 is 0 Å². The number of aromatic nitrogens is 2. The maximum Gasteiger partial charge on any atom is 0.251 e. The number of hydrogen-bond donors (Lipinski definition) is 1. The predicted molar refractivity (Wildman–Crippen MR) is 72.2 cm³/mol. The number of methoxy groups -OCH3 is 1. The van der Waals surface area contributed by atoms with Crippen LogP contribution in [0.3, 0.4) is 0 Å². The molecule has 1 aromatic carbocycles. The Morgan fingerprint density at radius 1 is 1.47 bits per heavy atom. The van der Waals surface area contributed by atoms with Crippen LogP contribution in [0, 0.1) is 0 Å². The molecule has 0 saturated carbocycles. The van der Waals surface area contributed by atoms with Gasteiger partial charge in [-0.1, -0.05) is 6.07 Å². The molecule has 0 atom stereocenters. The van der Waals surface area contributed by atoms with Crippen molar-refractivity contribution in [1.82, 2.24) is 14.9 Å². The van der Waals surface area contributed by atoms with Crippen LogP contribution in [-0.4, -0.2) is 29.1 Å². The number of carbonyl (C=O) groups is 1. The monoisotopic (exact) mass is 259 g/mol. The lowest BCUT2D eigenvalue weighted by Crippen LogP contribution is -2.25. The molecule has 1 heterocycles. The molecule has 1 N–H and O–H groups in total. The van der Waals surface area contributed by atoms with E-state index in [0.29, 0.717) is 17.9 Å². The van der Waals surface area contributed by atoms with Gasteiger partial charge in [-0.15, -0.1) is 0 Å². The molecule has 1 aromatic heterocycles. The molecule has 0 unspecified atom stereocenters. The van der Waals surface area contributed by atoms with Crippen LogP contribution in [0.25, 0.3) is 0 Å². The summed E-state index contributed by atoms with van der Waals surface area (Å²) in [5.41, 5.74) is 1.56. The van der Waals surface area contributed by atoms with Gasteiger partial charge in [0.25, 0.3) is 5.91 Å². The minimum atomic E-state index is -0.102. The second-order valence-corrected chi connectivity index (χ2v) is 4.27. The Kier molecular flexibility index (Phi) is 4.18. The van der Waals surface area contributed by atoms with Gasteiger partial charge >= 0.3 is 0 Å². The summed E-state index contributed by atoms with van der Waals surface area (Å²) in [4.78, 5) is 16.1. The Morgan fingerprint density at radius 2 is 2.32 bits per heavy atom. The highest BCUT2D eigenvalue weighted by Crippen LogP contribution is 2.12. The van der Waals surface area contributed by atoms with Gasteiger partial charge in [0.2, 0.25) is 0 Å². The predicted octanol–water partition coefficient (Wildman–Crippen LogP) is 1.40. The van der Waals surface area contributed by atoms with Gasteiger partial charge in [0.05, 0.1) is 19.1 Å². The molecule has 1 amide bonds. The molecular weight excluding hydrogens is 242 g/mol. The first-order valence-electron chi connectivity index (χ1n) is 6.08. The zero-order valence-electron chi connectivity index (χ0n) is 11.1. The number of rotatable bonds is 5. The third kappa shape index (κ3) is 3.58. The number of ether oxygens (including phenoxy) is 1. The molecule has 19 heavy (non-hydrogen) atoms. The fourth-order valence-electron chi connectivity index (χ4n) is 1.77. The highest BCUT2D eigenvalue weighted by molar-refractivity contribution is 5.94. The number of amides is 1. The van der Waals surface area contributed by atoms with Gasteiger partial charge in [0, 0.05) is 31.8 Å². The largest absolute Gasteiger partial charge is 0.497 e. The summed E-state index contributed by atoms with van der Waals surface area (Å²) in [6.07, 6.45) is 4.41. The summed E-state index contributed by atoms with van der Waals surface area (Å²) in [7, 11) is 3.50. The van der Waals surface area contributed by atoms with Crippen molar-refractivity contribution in [1.29, 1.82) is 0 Å². The lowest BCUT2D eigenvalue weighted by atomic mass is 10.2. The van der Waals surface area contributed by atoms with Crippen molar-refractivity contribution in [3.63, 3.8) is 0 Å². The summed E-state index contributed by atoms with van der Waals surface area (Å²) >= 11 is 0. The van der Waals surface area contributed by atoms with Crippen LogP contribution in [0.15, 0.2) is 36.8 Å². The summed E-state index contributed by atoms with van der Waals surface area (Å²) in [6.45, 7) is 0.563. The molecule has 0 spiro atoms. The van der Waals surface area contributed by atoms with Gasteiger partial charge in [-0.05, 0) is 18.2 Å². The average molecular weight is 259 g/mol. The Balaban J connectivity index is 1.87. The van der Waals surface area contributed by atoms with E-state index in [1.165, 1.54) is 0 Å². The molecule has 0 aliphatic carbocycles. The third-order valence-corrected chi connectivity index (χ3v) is 2.76. The van der Waals surface area contributed by atoms with Crippen LogP contribution < -0.4 is 10.1 Å². The molecule has 2 aromatic rings. The Labute approximate surface area is 112 Å². The Bertz CT molecular complexity index is 563. The average Bonchev–Trinajstić information content (AvgIpc) is 2.84. The number of carbonyl (C=O) groups excluding carboxylic acids is 1. The molecule has 100 valence electrons.